The van der Waals surface area contributed by atoms with Crippen LogP contribution in [-0.4, -0.2) is 36.3 Å². The number of hydrogen-bond donors (Lipinski definition) is 2. The SMILES string of the molecule is NC(=O)c1ccc(NC(=O)CN2CCCC2)cc1. The lowest BCUT2D eigenvalue weighted by atomic mass is 10.2. The fourth-order valence-corrected chi connectivity index (χ4v) is 2.06. The van der Waals surface area contributed by atoms with Crippen LogP contribution in [0.2, 0.25) is 0 Å². The van der Waals surface area contributed by atoms with Gasteiger partial charge in [0, 0.05) is 11.3 Å². The molecule has 3 N–H and O–H groups in total. The number of amides is 2. The first-order valence-electron chi connectivity index (χ1n) is 6.07. The van der Waals surface area contributed by atoms with Crippen LogP contribution in [-0.2, 0) is 4.79 Å². The number of hydrogen-bond acceptors (Lipinski definition) is 3. The van der Waals surface area contributed by atoms with Gasteiger partial charge in [-0.25, -0.2) is 0 Å². The van der Waals surface area contributed by atoms with E-state index < -0.39 is 5.91 Å². The van der Waals surface area contributed by atoms with E-state index in [-0.39, 0.29) is 5.91 Å². The Labute approximate surface area is 106 Å². The number of carbonyl (C=O) groups is 2. The number of likely N-dealkylation sites (tertiary alicyclic amines) is 1. The molecule has 2 rings (SSSR count). The van der Waals surface area contributed by atoms with Crippen molar-refractivity contribution >= 4 is 17.5 Å². The molecular weight excluding hydrogens is 230 g/mol. The smallest absolute Gasteiger partial charge is 0.248 e. The van der Waals surface area contributed by atoms with Crippen LogP contribution in [0.1, 0.15) is 23.2 Å². The summed E-state index contributed by atoms with van der Waals surface area (Å²) in [4.78, 5) is 24.8. The van der Waals surface area contributed by atoms with Gasteiger partial charge < -0.3 is 11.1 Å². The first kappa shape index (κ1) is 12.6. The third-order valence-corrected chi connectivity index (χ3v) is 3.02. The molecule has 1 aliphatic rings. The molecule has 1 aromatic carbocycles. The van der Waals surface area contributed by atoms with E-state index in [1.54, 1.807) is 24.3 Å². The lowest BCUT2D eigenvalue weighted by Gasteiger charge is -2.14. The molecule has 0 spiro atoms. The molecule has 0 aliphatic carbocycles. The van der Waals surface area contributed by atoms with Crippen molar-refractivity contribution in [2.45, 2.75) is 12.8 Å². The first-order chi connectivity index (χ1) is 8.65. The summed E-state index contributed by atoms with van der Waals surface area (Å²) in [6.07, 6.45) is 2.33. The topological polar surface area (TPSA) is 75.4 Å². The van der Waals surface area contributed by atoms with Crippen LogP contribution in [0.3, 0.4) is 0 Å². The summed E-state index contributed by atoms with van der Waals surface area (Å²) in [5.41, 5.74) is 6.26. The number of rotatable bonds is 4. The fourth-order valence-electron chi connectivity index (χ4n) is 2.06. The zero-order valence-electron chi connectivity index (χ0n) is 10.2. The second-order valence-electron chi connectivity index (χ2n) is 4.47. The van der Waals surface area contributed by atoms with Crippen LogP contribution in [0.5, 0.6) is 0 Å². The van der Waals surface area contributed by atoms with E-state index in [4.69, 9.17) is 5.73 Å². The van der Waals surface area contributed by atoms with E-state index in [2.05, 4.69) is 10.2 Å². The van der Waals surface area contributed by atoms with Gasteiger partial charge in [0.05, 0.1) is 6.54 Å². The maximum absolute atomic E-state index is 11.7. The Balaban J connectivity index is 1.88. The second-order valence-corrected chi connectivity index (χ2v) is 4.47. The summed E-state index contributed by atoms with van der Waals surface area (Å²) < 4.78 is 0. The lowest BCUT2D eigenvalue weighted by molar-refractivity contribution is -0.117. The van der Waals surface area contributed by atoms with Crippen molar-refractivity contribution < 1.29 is 9.59 Å². The van der Waals surface area contributed by atoms with Crippen molar-refractivity contribution in [3.63, 3.8) is 0 Å². The maximum Gasteiger partial charge on any atom is 0.248 e. The molecule has 0 saturated carbocycles. The summed E-state index contributed by atoms with van der Waals surface area (Å²) in [7, 11) is 0. The molecule has 18 heavy (non-hydrogen) atoms. The van der Waals surface area contributed by atoms with Gasteiger partial charge in [-0.1, -0.05) is 0 Å². The number of benzene rings is 1. The van der Waals surface area contributed by atoms with Crippen molar-refractivity contribution in [3.8, 4) is 0 Å². The Morgan fingerprint density at radius 2 is 1.78 bits per heavy atom. The van der Waals surface area contributed by atoms with Crippen LogP contribution in [0.4, 0.5) is 5.69 Å². The molecular formula is C13H17N3O2. The number of nitrogens with zero attached hydrogens (tertiary/aromatic N) is 1. The minimum atomic E-state index is -0.468. The van der Waals surface area contributed by atoms with E-state index in [0.29, 0.717) is 17.8 Å². The number of anilines is 1. The van der Waals surface area contributed by atoms with Crippen molar-refractivity contribution in [2.24, 2.45) is 5.73 Å². The molecule has 1 heterocycles. The highest BCUT2D eigenvalue weighted by Crippen LogP contribution is 2.10. The number of carbonyl (C=O) groups excluding carboxylic acids is 2. The summed E-state index contributed by atoms with van der Waals surface area (Å²) >= 11 is 0. The van der Waals surface area contributed by atoms with E-state index in [9.17, 15) is 9.59 Å². The van der Waals surface area contributed by atoms with Crippen LogP contribution in [0, 0.1) is 0 Å². The summed E-state index contributed by atoms with van der Waals surface area (Å²) in [5, 5.41) is 2.80. The van der Waals surface area contributed by atoms with Gasteiger partial charge in [-0.05, 0) is 50.2 Å². The minimum absolute atomic E-state index is 0.0243. The Morgan fingerprint density at radius 3 is 2.33 bits per heavy atom. The standard InChI is InChI=1S/C13H17N3O2/c14-13(18)10-3-5-11(6-4-10)15-12(17)9-16-7-1-2-8-16/h3-6H,1-2,7-9H2,(H2,14,18)(H,15,17). The van der Waals surface area contributed by atoms with Gasteiger partial charge in [-0.15, -0.1) is 0 Å². The van der Waals surface area contributed by atoms with Gasteiger partial charge in [0.1, 0.15) is 0 Å². The monoisotopic (exact) mass is 247 g/mol. The highest BCUT2D eigenvalue weighted by molar-refractivity contribution is 5.95. The zero-order valence-corrected chi connectivity index (χ0v) is 10.2. The molecule has 0 radical (unpaired) electrons. The van der Waals surface area contributed by atoms with Crippen LogP contribution in [0.25, 0.3) is 0 Å². The van der Waals surface area contributed by atoms with Crippen molar-refractivity contribution in [2.75, 3.05) is 25.0 Å². The Bertz CT molecular complexity index is 436. The van der Waals surface area contributed by atoms with E-state index >= 15 is 0 Å². The van der Waals surface area contributed by atoms with Crippen LogP contribution >= 0.6 is 0 Å². The zero-order chi connectivity index (χ0) is 13.0. The third-order valence-electron chi connectivity index (χ3n) is 3.02. The number of nitrogens with one attached hydrogen (secondary N) is 1. The maximum atomic E-state index is 11.7. The second kappa shape index (κ2) is 5.64. The van der Waals surface area contributed by atoms with Gasteiger partial charge >= 0.3 is 0 Å². The first-order valence-corrected chi connectivity index (χ1v) is 6.07. The molecule has 1 fully saturated rings. The van der Waals surface area contributed by atoms with Crippen LogP contribution < -0.4 is 11.1 Å². The van der Waals surface area contributed by atoms with Crippen molar-refractivity contribution in [1.82, 2.24) is 4.90 Å². The summed E-state index contributed by atoms with van der Waals surface area (Å²) in [6.45, 7) is 2.42. The number of primary amides is 1. The highest BCUT2D eigenvalue weighted by Gasteiger charge is 2.14. The molecule has 5 nitrogen and oxygen atoms in total. The predicted octanol–water partition coefficient (Wildman–Crippen LogP) is 0.820. The Kier molecular flexibility index (Phi) is 3.94. The van der Waals surface area contributed by atoms with E-state index in [1.165, 1.54) is 12.8 Å². The molecule has 0 unspecified atom stereocenters. The summed E-state index contributed by atoms with van der Waals surface area (Å²) in [6, 6.07) is 6.57. The molecule has 0 atom stereocenters. The fraction of sp³-hybridized carbons (Fsp3) is 0.385. The minimum Gasteiger partial charge on any atom is -0.366 e. The van der Waals surface area contributed by atoms with Crippen molar-refractivity contribution in [1.29, 1.82) is 0 Å². The highest BCUT2D eigenvalue weighted by atomic mass is 16.2. The van der Waals surface area contributed by atoms with Crippen molar-refractivity contribution in [3.05, 3.63) is 29.8 Å². The van der Waals surface area contributed by atoms with Gasteiger partial charge in [-0.2, -0.15) is 0 Å². The molecule has 1 aliphatic heterocycles. The van der Waals surface area contributed by atoms with Gasteiger partial charge in [0.2, 0.25) is 11.8 Å². The average Bonchev–Trinajstić information content (AvgIpc) is 2.82. The molecule has 2 amide bonds. The average molecular weight is 247 g/mol. The molecule has 96 valence electrons. The third kappa shape index (κ3) is 3.30. The molecule has 0 bridgehead atoms. The van der Waals surface area contributed by atoms with E-state index in [1.807, 2.05) is 0 Å². The molecule has 1 aromatic rings. The Hall–Kier alpha value is -1.88. The largest absolute Gasteiger partial charge is 0.366 e. The lowest BCUT2D eigenvalue weighted by Crippen LogP contribution is -2.30. The number of nitrogens with two attached hydrogens (primary N) is 1. The van der Waals surface area contributed by atoms with Crippen LogP contribution in [0.15, 0.2) is 24.3 Å². The molecule has 1 saturated heterocycles. The quantitative estimate of drug-likeness (QED) is 0.827. The van der Waals surface area contributed by atoms with Gasteiger partial charge in [0.25, 0.3) is 0 Å². The van der Waals surface area contributed by atoms with Gasteiger partial charge in [-0.3, -0.25) is 14.5 Å². The summed E-state index contributed by atoms with van der Waals surface area (Å²) in [5.74, 6) is -0.492. The Morgan fingerprint density at radius 1 is 1.17 bits per heavy atom. The van der Waals surface area contributed by atoms with E-state index in [0.717, 1.165) is 13.1 Å². The van der Waals surface area contributed by atoms with Gasteiger partial charge in [0.15, 0.2) is 0 Å². The molecule has 5 heteroatoms. The predicted molar refractivity (Wildman–Crippen MR) is 69.3 cm³/mol. The molecule has 0 aromatic heterocycles. The normalized spacial score (nSPS) is 15.6.